The Balaban J connectivity index is 1.90. The van der Waals surface area contributed by atoms with Crippen LogP contribution in [0.2, 0.25) is 0 Å². The van der Waals surface area contributed by atoms with Crippen molar-refractivity contribution in [2.75, 3.05) is 6.54 Å². The summed E-state index contributed by atoms with van der Waals surface area (Å²) in [4.78, 5) is 18.8. The van der Waals surface area contributed by atoms with E-state index in [9.17, 15) is 9.90 Å². The Morgan fingerprint density at radius 1 is 1.22 bits per heavy atom. The molecule has 1 N–H and O–H groups in total. The highest BCUT2D eigenvalue weighted by atomic mass is 16.3. The number of imidazole rings is 1. The van der Waals surface area contributed by atoms with Crippen molar-refractivity contribution in [2.24, 2.45) is 0 Å². The summed E-state index contributed by atoms with van der Waals surface area (Å²) < 4.78 is 2.00. The van der Waals surface area contributed by atoms with Gasteiger partial charge in [0.2, 0.25) is 0 Å². The predicted molar refractivity (Wildman–Crippen MR) is 107 cm³/mol. The maximum absolute atomic E-state index is 12.9. The van der Waals surface area contributed by atoms with E-state index in [1.54, 1.807) is 12.5 Å². The average Bonchev–Trinajstić information content (AvgIpc) is 3.29. The van der Waals surface area contributed by atoms with Crippen molar-refractivity contribution in [3.05, 3.63) is 72.0 Å². The number of carbonyl (C=O) groups is 1. The van der Waals surface area contributed by atoms with E-state index in [2.05, 4.69) is 24.9 Å². The Kier molecular flexibility index (Phi) is 6.12. The molecule has 1 aromatic heterocycles. The van der Waals surface area contributed by atoms with Crippen LogP contribution in [0.5, 0.6) is 0 Å². The predicted octanol–water partition coefficient (Wildman–Crippen LogP) is 4.20. The average molecular weight is 365 g/mol. The fraction of sp³-hybridized carbons (Fsp3) is 0.364. The maximum atomic E-state index is 12.9. The first-order valence-corrected chi connectivity index (χ1v) is 9.61. The second-order valence-electron chi connectivity index (χ2n) is 6.72. The third-order valence-electron chi connectivity index (χ3n) is 4.99. The van der Waals surface area contributed by atoms with Gasteiger partial charge in [0.05, 0.1) is 12.4 Å². The first-order chi connectivity index (χ1) is 13.2. The fourth-order valence-electron chi connectivity index (χ4n) is 3.74. The molecule has 2 heterocycles. The standard InChI is InChI=1S/C22H27N3O2/c1-3-9-17(4-2)20-19(18-10-6-5-7-11-18)21(26)22(27)25(20)14-8-13-24-15-12-23-16-24/h5-7,9-12,15-16,20,26H,3-4,8,13-14H2,1-2H3/b17-9+. The lowest BCUT2D eigenvalue weighted by molar-refractivity contribution is -0.128. The molecule has 5 nitrogen and oxygen atoms in total. The Bertz CT molecular complexity index is 823. The molecule has 1 aliphatic rings. The molecule has 1 atom stereocenters. The summed E-state index contributed by atoms with van der Waals surface area (Å²) in [5, 5.41) is 10.7. The summed E-state index contributed by atoms with van der Waals surface area (Å²) in [6.07, 6.45) is 10.2. The molecular formula is C22H27N3O2. The number of aromatic nitrogens is 2. The van der Waals surface area contributed by atoms with E-state index >= 15 is 0 Å². The van der Waals surface area contributed by atoms with Gasteiger partial charge in [0.25, 0.3) is 5.91 Å². The van der Waals surface area contributed by atoms with Crippen molar-refractivity contribution in [3.63, 3.8) is 0 Å². The molecule has 2 aromatic rings. The van der Waals surface area contributed by atoms with Crippen LogP contribution < -0.4 is 0 Å². The topological polar surface area (TPSA) is 58.4 Å². The lowest BCUT2D eigenvalue weighted by atomic mass is 9.91. The van der Waals surface area contributed by atoms with Gasteiger partial charge in [0, 0.05) is 31.1 Å². The van der Waals surface area contributed by atoms with Crippen molar-refractivity contribution < 1.29 is 9.90 Å². The zero-order valence-electron chi connectivity index (χ0n) is 16.0. The van der Waals surface area contributed by atoms with Crippen LogP contribution in [0.3, 0.4) is 0 Å². The number of amides is 1. The van der Waals surface area contributed by atoms with Gasteiger partial charge in [0.1, 0.15) is 0 Å². The molecule has 5 heteroatoms. The summed E-state index contributed by atoms with van der Waals surface area (Å²) in [6.45, 7) is 5.58. The number of aliphatic hydroxyl groups excluding tert-OH is 1. The molecule has 1 aromatic carbocycles. The smallest absolute Gasteiger partial charge is 0.289 e. The third kappa shape index (κ3) is 3.97. The number of aryl methyl sites for hydroxylation is 1. The van der Waals surface area contributed by atoms with Gasteiger partial charge in [-0.3, -0.25) is 4.79 Å². The third-order valence-corrected chi connectivity index (χ3v) is 4.99. The molecule has 1 unspecified atom stereocenters. The van der Waals surface area contributed by atoms with E-state index in [0.29, 0.717) is 6.54 Å². The number of rotatable bonds is 8. The minimum Gasteiger partial charge on any atom is -0.503 e. The minimum absolute atomic E-state index is 0.121. The molecule has 0 radical (unpaired) electrons. The molecule has 1 aliphatic heterocycles. The summed E-state index contributed by atoms with van der Waals surface area (Å²) in [6, 6.07) is 9.54. The molecule has 27 heavy (non-hydrogen) atoms. The Labute approximate surface area is 160 Å². The Morgan fingerprint density at radius 2 is 2.00 bits per heavy atom. The van der Waals surface area contributed by atoms with Crippen LogP contribution in [0, 0.1) is 0 Å². The normalized spacial score (nSPS) is 17.9. The number of hydrogen-bond acceptors (Lipinski definition) is 3. The Hall–Kier alpha value is -2.82. The summed E-state index contributed by atoms with van der Waals surface area (Å²) in [5.74, 6) is -0.399. The van der Waals surface area contributed by atoms with Crippen LogP contribution in [0.25, 0.3) is 5.57 Å². The number of carbonyl (C=O) groups excluding carboxylic acids is 1. The second-order valence-corrected chi connectivity index (χ2v) is 6.72. The van der Waals surface area contributed by atoms with Gasteiger partial charge >= 0.3 is 0 Å². The molecule has 1 amide bonds. The van der Waals surface area contributed by atoms with E-state index in [-0.39, 0.29) is 17.7 Å². The monoisotopic (exact) mass is 365 g/mol. The van der Waals surface area contributed by atoms with Gasteiger partial charge in [-0.05, 0) is 30.4 Å². The van der Waals surface area contributed by atoms with Crippen LogP contribution in [0.15, 0.2) is 66.5 Å². The van der Waals surface area contributed by atoms with Crippen molar-refractivity contribution >= 4 is 11.5 Å². The molecule has 0 saturated heterocycles. The molecule has 142 valence electrons. The molecule has 0 fully saturated rings. The number of nitrogens with zero attached hydrogens (tertiary/aromatic N) is 3. The number of aliphatic hydroxyl groups is 1. The SMILES string of the molecule is CC/C=C(\CC)C1C(c2ccccc2)=C(O)C(=O)N1CCCn1ccnc1. The van der Waals surface area contributed by atoms with E-state index < -0.39 is 0 Å². The number of hydrogen-bond donors (Lipinski definition) is 1. The molecule has 0 aliphatic carbocycles. The van der Waals surface area contributed by atoms with Crippen molar-refractivity contribution in [3.8, 4) is 0 Å². The molecule has 0 bridgehead atoms. The molecule has 0 spiro atoms. The zero-order chi connectivity index (χ0) is 19.2. The van der Waals surface area contributed by atoms with E-state index in [0.717, 1.165) is 36.9 Å². The number of benzene rings is 1. The maximum Gasteiger partial charge on any atom is 0.289 e. The Morgan fingerprint density at radius 3 is 2.63 bits per heavy atom. The van der Waals surface area contributed by atoms with Gasteiger partial charge in [-0.1, -0.05) is 50.3 Å². The van der Waals surface area contributed by atoms with Crippen LogP contribution in [0.4, 0.5) is 0 Å². The fourth-order valence-corrected chi connectivity index (χ4v) is 3.74. The minimum atomic E-state index is -0.278. The zero-order valence-corrected chi connectivity index (χ0v) is 16.0. The van der Waals surface area contributed by atoms with Crippen molar-refractivity contribution in [1.29, 1.82) is 0 Å². The van der Waals surface area contributed by atoms with E-state index in [4.69, 9.17) is 0 Å². The van der Waals surface area contributed by atoms with Gasteiger partial charge in [0.15, 0.2) is 5.76 Å². The van der Waals surface area contributed by atoms with E-state index in [1.165, 1.54) is 5.57 Å². The highest BCUT2D eigenvalue weighted by Crippen LogP contribution is 2.37. The summed E-state index contributed by atoms with van der Waals surface area (Å²) in [7, 11) is 0. The molecule has 3 rings (SSSR count). The largest absolute Gasteiger partial charge is 0.503 e. The van der Waals surface area contributed by atoms with Gasteiger partial charge in [-0.25, -0.2) is 4.98 Å². The lowest BCUT2D eigenvalue weighted by Crippen LogP contribution is -2.38. The lowest BCUT2D eigenvalue weighted by Gasteiger charge is -2.29. The van der Waals surface area contributed by atoms with Crippen LogP contribution in [-0.2, 0) is 11.3 Å². The van der Waals surface area contributed by atoms with Gasteiger partial charge in [-0.2, -0.15) is 0 Å². The van der Waals surface area contributed by atoms with Crippen molar-refractivity contribution in [1.82, 2.24) is 14.5 Å². The van der Waals surface area contributed by atoms with E-state index in [1.807, 2.05) is 46.0 Å². The first kappa shape index (κ1) is 19.0. The number of allylic oxidation sites excluding steroid dienone is 1. The van der Waals surface area contributed by atoms with Gasteiger partial charge in [-0.15, -0.1) is 0 Å². The van der Waals surface area contributed by atoms with Gasteiger partial charge < -0.3 is 14.6 Å². The van der Waals surface area contributed by atoms with Crippen LogP contribution >= 0.6 is 0 Å². The highest BCUT2D eigenvalue weighted by Gasteiger charge is 2.40. The quantitative estimate of drug-likeness (QED) is 0.713. The second kappa shape index (κ2) is 8.71. The summed E-state index contributed by atoms with van der Waals surface area (Å²) in [5.41, 5.74) is 2.81. The summed E-state index contributed by atoms with van der Waals surface area (Å²) >= 11 is 0. The van der Waals surface area contributed by atoms with Crippen LogP contribution in [0.1, 0.15) is 38.7 Å². The molecule has 0 saturated carbocycles. The highest BCUT2D eigenvalue weighted by molar-refractivity contribution is 6.06. The molecular weight excluding hydrogens is 338 g/mol. The van der Waals surface area contributed by atoms with Crippen molar-refractivity contribution in [2.45, 2.75) is 45.7 Å². The first-order valence-electron chi connectivity index (χ1n) is 9.61. The van der Waals surface area contributed by atoms with Crippen LogP contribution in [-0.4, -0.2) is 38.1 Å².